The second kappa shape index (κ2) is 36.8. The first-order valence-corrected chi connectivity index (χ1v) is 28.8. The second-order valence-corrected chi connectivity index (χ2v) is 20.8. The summed E-state index contributed by atoms with van der Waals surface area (Å²) in [4.78, 5) is 0. The average molecular weight is 1130 g/mol. The molecule has 4 rings (SSSR count). The van der Waals surface area contributed by atoms with Crippen LogP contribution in [-0.4, -0.2) is 24.3 Å². The number of hydrogen-bond donors (Lipinski definition) is 2. The number of benzene rings is 4. The summed E-state index contributed by atoms with van der Waals surface area (Å²) in [6.07, 6.45) is 41.1. The van der Waals surface area contributed by atoms with Crippen LogP contribution < -0.4 is 27.2 Å². The molecule has 0 atom stereocenters. The first-order chi connectivity index (χ1) is 37.5. The highest BCUT2D eigenvalue weighted by Crippen LogP contribution is 2.30. The minimum atomic E-state index is -5.99. The van der Waals surface area contributed by atoms with Gasteiger partial charge in [-0.1, -0.05) is 212 Å². The van der Waals surface area contributed by atoms with Crippen molar-refractivity contribution in [2.45, 2.75) is 219 Å². The van der Waals surface area contributed by atoms with Gasteiger partial charge in [0, 0.05) is 0 Å². The number of unbranched alkanes of at least 4 members (excludes halogenated alkanes) is 30. The lowest BCUT2D eigenvalue weighted by molar-refractivity contribution is -0.655. The van der Waals surface area contributed by atoms with Crippen LogP contribution in [0.1, 0.15) is 219 Å². The van der Waals surface area contributed by atoms with Gasteiger partial charge in [-0.3, -0.25) is 0 Å². The first-order valence-electron chi connectivity index (χ1n) is 28.8. The fraction of sp³-hybridized carbons (Fsp3) is 0.600. The summed E-state index contributed by atoms with van der Waals surface area (Å²) in [6, 6.07) is 1.92. The van der Waals surface area contributed by atoms with Crippen LogP contribution in [0.4, 0.5) is 65.9 Å². The number of nitrogens with two attached hydrogens (primary N) is 1. The van der Waals surface area contributed by atoms with E-state index < -0.39 is 121 Å². The van der Waals surface area contributed by atoms with E-state index in [2.05, 4.69) is 19.2 Å². The fourth-order valence-electron chi connectivity index (χ4n) is 10.6. The van der Waals surface area contributed by atoms with E-state index in [1.807, 2.05) is 0 Å². The minimum absolute atomic E-state index is 0.184. The Balaban J connectivity index is 0.000000413. The summed E-state index contributed by atoms with van der Waals surface area (Å²) in [6.45, 7) is 7.36. The van der Waals surface area contributed by atoms with E-state index in [-0.39, 0.29) is 6.07 Å². The van der Waals surface area contributed by atoms with Crippen molar-refractivity contribution in [3.63, 3.8) is 0 Å². The maximum Gasteiger partial charge on any atom is 0.200 e. The number of aromatic hydroxyl groups is 1. The van der Waals surface area contributed by atoms with Gasteiger partial charge in [-0.25, -0.2) is 65.9 Å². The van der Waals surface area contributed by atoms with E-state index in [4.69, 9.17) is 0 Å². The van der Waals surface area contributed by atoms with Crippen molar-refractivity contribution >= 4 is 28.0 Å². The quantitative estimate of drug-likeness (QED) is 0.0152. The Bertz CT molecular complexity index is 2110. The van der Waals surface area contributed by atoms with Crippen molar-refractivity contribution in [3.05, 3.63) is 112 Å². The molecule has 440 valence electrons. The molecule has 0 unspecified atom stereocenters. The third kappa shape index (κ3) is 19.2. The van der Waals surface area contributed by atoms with Crippen LogP contribution in [0.15, 0.2) is 24.3 Å². The zero-order valence-electron chi connectivity index (χ0n) is 45.6. The molecule has 0 heterocycles. The summed E-state index contributed by atoms with van der Waals surface area (Å²) in [7, 11) is 0. The SMILES string of the molecule is CCCCCCCCCCCCCCCCCC[NH2+]CCCCCCCCCCCCCCCCCC.Oc1ccccc1[B-](c1c(F)c(F)c(F)c(F)c1F)(c1c(F)c(F)c(F)c(F)c1F)c1c(F)c(F)c(F)c(F)c1F. The van der Waals surface area contributed by atoms with Gasteiger partial charge in [0.25, 0.3) is 0 Å². The molecule has 0 aliphatic carbocycles. The van der Waals surface area contributed by atoms with E-state index in [9.17, 15) is 44.6 Å². The number of rotatable bonds is 38. The third-order valence-electron chi connectivity index (χ3n) is 15.0. The van der Waals surface area contributed by atoms with E-state index >= 15 is 26.3 Å². The largest absolute Gasteiger partial charge is 0.511 e. The molecule has 78 heavy (non-hydrogen) atoms. The molecule has 0 saturated carbocycles. The zero-order chi connectivity index (χ0) is 57.6. The van der Waals surface area contributed by atoms with Crippen LogP contribution in [0.25, 0.3) is 0 Å². The first kappa shape index (κ1) is 67.9. The van der Waals surface area contributed by atoms with Gasteiger partial charge in [0.1, 0.15) is 41.0 Å². The van der Waals surface area contributed by atoms with Gasteiger partial charge >= 0.3 is 0 Å². The molecule has 18 heteroatoms. The molecule has 4 aromatic carbocycles. The maximum atomic E-state index is 15.4. The monoisotopic (exact) mass is 1130 g/mol. The average Bonchev–Trinajstić information content (AvgIpc) is 3.60. The van der Waals surface area contributed by atoms with E-state index in [1.165, 1.54) is 219 Å². The molecule has 0 amide bonds. The summed E-state index contributed by atoms with van der Waals surface area (Å²) in [5.41, 5.74) is -10.3. The van der Waals surface area contributed by atoms with Gasteiger partial charge in [-0.15, -0.1) is 16.4 Å². The molecule has 3 N–H and O–H groups in total. The van der Waals surface area contributed by atoms with Gasteiger partial charge in [-0.05, 0) is 31.7 Å². The minimum Gasteiger partial charge on any atom is -0.511 e. The Kier molecular flexibility index (Phi) is 32.1. The van der Waals surface area contributed by atoms with Crippen LogP contribution in [-0.2, 0) is 0 Å². The van der Waals surface area contributed by atoms with Crippen LogP contribution in [0.5, 0.6) is 5.75 Å². The Morgan fingerprint density at radius 3 is 0.692 bits per heavy atom. The van der Waals surface area contributed by atoms with Crippen molar-refractivity contribution in [2.24, 2.45) is 0 Å². The highest BCUT2D eigenvalue weighted by Gasteiger charge is 2.50. The number of quaternary nitrogens is 1. The second-order valence-electron chi connectivity index (χ2n) is 20.8. The predicted octanol–water partition coefficient (Wildman–Crippen LogP) is 16.9. The van der Waals surface area contributed by atoms with Gasteiger partial charge < -0.3 is 10.4 Å². The third-order valence-corrected chi connectivity index (χ3v) is 15.0. The lowest BCUT2D eigenvalue weighted by Gasteiger charge is -2.44. The molecule has 0 aliphatic heterocycles. The van der Waals surface area contributed by atoms with Crippen molar-refractivity contribution in [3.8, 4) is 5.75 Å². The lowest BCUT2D eigenvalue weighted by atomic mass is 9.12. The molecule has 0 radical (unpaired) electrons. The Hall–Kier alpha value is -4.35. The fourth-order valence-corrected chi connectivity index (χ4v) is 10.6. The summed E-state index contributed by atoms with van der Waals surface area (Å²) in [5.74, 6) is -48.4. The number of para-hydroxylation sites is 1. The molecule has 0 fully saturated rings. The topological polar surface area (TPSA) is 36.8 Å². The highest BCUT2D eigenvalue weighted by atomic mass is 19.2. The molecule has 0 aromatic heterocycles. The summed E-state index contributed by atoms with van der Waals surface area (Å²) < 4.78 is 221. The van der Waals surface area contributed by atoms with Gasteiger partial charge in [0.15, 0.2) is 52.4 Å². The highest BCUT2D eigenvalue weighted by molar-refractivity contribution is 7.20. The summed E-state index contributed by atoms with van der Waals surface area (Å²) >= 11 is 0. The molecule has 2 nitrogen and oxygen atoms in total. The normalized spacial score (nSPS) is 11.7. The van der Waals surface area contributed by atoms with Gasteiger partial charge in [0.05, 0.1) is 18.8 Å². The number of phenolic OH excluding ortho intramolecular Hbond substituents is 1. The maximum absolute atomic E-state index is 15.4. The predicted molar refractivity (Wildman–Crippen MR) is 282 cm³/mol. The van der Waals surface area contributed by atoms with E-state index in [1.54, 1.807) is 0 Å². The molecular formula is C60H81BF15NO. The Morgan fingerprint density at radius 1 is 0.282 bits per heavy atom. The smallest absolute Gasteiger partial charge is 0.200 e. The lowest BCUT2D eigenvalue weighted by Crippen LogP contribution is -2.84. The molecule has 0 spiro atoms. The Labute approximate surface area is 452 Å². The van der Waals surface area contributed by atoms with Crippen molar-refractivity contribution in [1.29, 1.82) is 0 Å². The van der Waals surface area contributed by atoms with Crippen molar-refractivity contribution in [2.75, 3.05) is 13.1 Å². The van der Waals surface area contributed by atoms with Crippen LogP contribution in [0.2, 0.25) is 0 Å². The van der Waals surface area contributed by atoms with Crippen molar-refractivity contribution < 1.29 is 76.3 Å². The van der Waals surface area contributed by atoms with Gasteiger partial charge in [-0.2, -0.15) is 5.46 Å². The Morgan fingerprint density at radius 2 is 0.474 bits per heavy atom. The number of phenols is 1. The molecule has 0 aliphatic rings. The molecule has 0 saturated heterocycles. The van der Waals surface area contributed by atoms with E-state index in [0.29, 0.717) is 12.1 Å². The summed E-state index contributed by atoms with van der Waals surface area (Å²) in [5, 5.41) is 13.0. The number of hydrogen-bond acceptors (Lipinski definition) is 1. The molecule has 4 aromatic rings. The van der Waals surface area contributed by atoms with Crippen LogP contribution >= 0.6 is 0 Å². The number of halogens is 15. The zero-order valence-corrected chi connectivity index (χ0v) is 45.6. The van der Waals surface area contributed by atoms with Crippen LogP contribution in [0, 0.1) is 87.3 Å². The molecule has 0 bridgehead atoms. The van der Waals surface area contributed by atoms with E-state index in [0.717, 1.165) is 6.07 Å². The standard InChI is InChI=1S/C36H75N.C24H5BF15O/c1-3-5-7-9-11-13-15-17-19-21-23-25-27-29-31-33-35-37-36-34-32-30-28-26-24-22-20-18-16-14-12-10-8-6-4-2;26-10-7(11(27)17(33)22(38)16(10)32)25(5-3-1-2-4-6(5)41,8-12(28)18(34)23(39)19(35)13(8)29)9-14(30)20(36)24(40)21(37)15(9)31/h37H,3-36H2,1-2H3;1-4,41H/q;-1/p+1. The molecular weight excluding hydrogens is 1050 g/mol. The van der Waals surface area contributed by atoms with Gasteiger partial charge in [0.2, 0.25) is 0 Å². The van der Waals surface area contributed by atoms with Crippen molar-refractivity contribution in [1.82, 2.24) is 0 Å². The van der Waals surface area contributed by atoms with Crippen LogP contribution in [0.3, 0.4) is 0 Å².